The molecule has 3 nitrogen and oxygen atoms in total. The monoisotopic (exact) mass is 325 g/mol. The molecule has 4 heteroatoms. The van der Waals surface area contributed by atoms with E-state index >= 15 is 0 Å². The summed E-state index contributed by atoms with van der Waals surface area (Å²) in [5.74, 6) is -0.932. The molecule has 104 valence electrons. The standard InChI is InChI=1S/C15H20BrNO2/c1-4-5-11(2)17(3)14-10-13(16)8-6-12(14)7-9-15(18)19/h6-11H,4-5H2,1-3H3,(H,18,19)/b9-7+. The lowest BCUT2D eigenvalue weighted by Crippen LogP contribution is -2.29. The highest BCUT2D eigenvalue weighted by atomic mass is 79.9. The lowest BCUT2D eigenvalue weighted by Gasteiger charge is -2.28. The van der Waals surface area contributed by atoms with Crippen molar-refractivity contribution in [3.63, 3.8) is 0 Å². The maximum atomic E-state index is 10.6. The van der Waals surface area contributed by atoms with Crippen LogP contribution in [0, 0.1) is 0 Å². The highest BCUT2D eigenvalue weighted by molar-refractivity contribution is 9.10. The Bertz CT molecular complexity index is 471. The van der Waals surface area contributed by atoms with Gasteiger partial charge in [0, 0.05) is 29.3 Å². The summed E-state index contributed by atoms with van der Waals surface area (Å²) in [6.45, 7) is 4.34. The van der Waals surface area contributed by atoms with Crippen LogP contribution in [0.4, 0.5) is 5.69 Å². The third-order valence-corrected chi connectivity index (χ3v) is 3.64. The van der Waals surface area contributed by atoms with Gasteiger partial charge in [-0.2, -0.15) is 0 Å². The van der Waals surface area contributed by atoms with Crippen LogP contribution in [0.15, 0.2) is 28.7 Å². The third kappa shape index (κ3) is 4.71. The summed E-state index contributed by atoms with van der Waals surface area (Å²) in [6.07, 6.45) is 5.04. The minimum atomic E-state index is -0.932. The van der Waals surface area contributed by atoms with Gasteiger partial charge in [0.25, 0.3) is 0 Å². The number of carboxylic acids is 1. The number of anilines is 1. The molecule has 0 aliphatic rings. The fourth-order valence-corrected chi connectivity index (χ4v) is 2.32. The average Bonchev–Trinajstić information content (AvgIpc) is 2.36. The maximum absolute atomic E-state index is 10.6. The first-order chi connectivity index (χ1) is 8.95. The number of aliphatic carboxylic acids is 1. The molecule has 0 aliphatic heterocycles. The summed E-state index contributed by atoms with van der Waals surface area (Å²) in [4.78, 5) is 12.8. The maximum Gasteiger partial charge on any atom is 0.328 e. The molecule has 0 bridgehead atoms. The van der Waals surface area contributed by atoms with E-state index in [0.717, 1.165) is 28.6 Å². The van der Waals surface area contributed by atoms with E-state index in [-0.39, 0.29) is 0 Å². The molecule has 1 N–H and O–H groups in total. The van der Waals surface area contributed by atoms with E-state index in [9.17, 15) is 4.79 Å². The molecule has 0 saturated heterocycles. The molecule has 19 heavy (non-hydrogen) atoms. The lowest BCUT2D eigenvalue weighted by atomic mass is 10.1. The molecule has 0 aliphatic carbocycles. The second kappa shape index (κ2) is 7.34. The Morgan fingerprint density at radius 2 is 2.21 bits per heavy atom. The molecule has 0 fully saturated rings. The highest BCUT2D eigenvalue weighted by Gasteiger charge is 2.12. The van der Waals surface area contributed by atoms with Crippen LogP contribution in [0.25, 0.3) is 6.08 Å². The van der Waals surface area contributed by atoms with Crippen molar-refractivity contribution in [2.45, 2.75) is 32.7 Å². The van der Waals surface area contributed by atoms with E-state index in [0.29, 0.717) is 6.04 Å². The van der Waals surface area contributed by atoms with Crippen molar-refractivity contribution in [2.24, 2.45) is 0 Å². The van der Waals surface area contributed by atoms with Crippen LogP contribution in [0.3, 0.4) is 0 Å². The zero-order valence-electron chi connectivity index (χ0n) is 11.6. The summed E-state index contributed by atoms with van der Waals surface area (Å²) in [7, 11) is 2.04. The van der Waals surface area contributed by atoms with Crippen LogP contribution < -0.4 is 4.90 Å². The highest BCUT2D eigenvalue weighted by Crippen LogP contribution is 2.27. The summed E-state index contributed by atoms with van der Waals surface area (Å²) < 4.78 is 0.991. The van der Waals surface area contributed by atoms with Gasteiger partial charge in [0.05, 0.1) is 0 Å². The van der Waals surface area contributed by atoms with Crippen molar-refractivity contribution in [1.29, 1.82) is 0 Å². The second-order valence-corrected chi connectivity index (χ2v) is 5.54. The average molecular weight is 326 g/mol. The van der Waals surface area contributed by atoms with E-state index in [2.05, 4.69) is 34.7 Å². The molecule has 1 aromatic rings. The predicted octanol–water partition coefficient (Wildman–Crippen LogP) is 4.17. The Labute approximate surface area is 123 Å². The van der Waals surface area contributed by atoms with Crippen LogP contribution in [0.2, 0.25) is 0 Å². The Kier molecular flexibility index (Phi) is 6.09. The molecule has 0 aromatic heterocycles. The summed E-state index contributed by atoms with van der Waals surface area (Å²) in [6, 6.07) is 6.28. The van der Waals surface area contributed by atoms with Gasteiger partial charge >= 0.3 is 5.97 Å². The van der Waals surface area contributed by atoms with Gasteiger partial charge < -0.3 is 10.0 Å². The first-order valence-electron chi connectivity index (χ1n) is 6.39. The Morgan fingerprint density at radius 3 is 2.79 bits per heavy atom. The quantitative estimate of drug-likeness (QED) is 0.798. The number of carboxylic acid groups (broad SMARTS) is 1. The molecule has 1 unspecified atom stereocenters. The van der Waals surface area contributed by atoms with Crippen LogP contribution in [0.5, 0.6) is 0 Å². The largest absolute Gasteiger partial charge is 0.478 e. The summed E-state index contributed by atoms with van der Waals surface area (Å²) >= 11 is 3.47. The third-order valence-electron chi connectivity index (χ3n) is 3.15. The van der Waals surface area contributed by atoms with Crippen LogP contribution >= 0.6 is 15.9 Å². The fourth-order valence-electron chi connectivity index (χ4n) is 1.97. The first-order valence-corrected chi connectivity index (χ1v) is 7.18. The van der Waals surface area contributed by atoms with Gasteiger partial charge in [0.1, 0.15) is 0 Å². The Balaban J connectivity index is 3.09. The van der Waals surface area contributed by atoms with Gasteiger partial charge in [-0.3, -0.25) is 0 Å². The first kappa shape index (κ1) is 15.8. The SMILES string of the molecule is CCCC(C)N(C)c1cc(Br)ccc1/C=C/C(=O)O. The molecule has 0 radical (unpaired) electrons. The molecule has 0 saturated carbocycles. The number of carbonyl (C=O) groups is 1. The number of nitrogens with zero attached hydrogens (tertiary/aromatic N) is 1. The summed E-state index contributed by atoms with van der Waals surface area (Å²) in [5, 5.41) is 8.74. The zero-order valence-corrected chi connectivity index (χ0v) is 13.1. The van der Waals surface area contributed by atoms with Gasteiger partial charge in [-0.15, -0.1) is 0 Å². The number of rotatable bonds is 6. The summed E-state index contributed by atoms with van der Waals surface area (Å²) in [5.41, 5.74) is 1.95. The van der Waals surface area contributed by atoms with Crippen molar-refractivity contribution < 1.29 is 9.90 Å². The molecular weight excluding hydrogens is 306 g/mol. The van der Waals surface area contributed by atoms with Gasteiger partial charge in [-0.25, -0.2) is 4.79 Å². The zero-order chi connectivity index (χ0) is 14.4. The molecule has 1 atom stereocenters. The minimum Gasteiger partial charge on any atom is -0.478 e. The van der Waals surface area contributed by atoms with Crippen molar-refractivity contribution >= 4 is 33.7 Å². The molecule has 0 heterocycles. The number of benzene rings is 1. The number of hydrogen-bond donors (Lipinski definition) is 1. The fraction of sp³-hybridized carbons (Fsp3) is 0.400. The van der Waals surface area contributed by atoms with E-state index in [1.807, 2.05) is 25.2 Å². The van der Waals surface area contributed by atoms with Crippen molar-refractivity contribution in [1.82, 2.24) is 0 Å². The smallest absolute Gasteiger partial charge is 0.328 e. The number of hydrogen-bond acceptors (Lipinski definition) is 2. The topological polar surface area (TPSA) is 40.5 Å². The van der Waals surface area contributed by atoms with Crippen LogP contribution in [-0.4, -0.2) is 24.2 Å². The van der Waals surface area contributed by atoms with E-state index in [4.69, 9.17) is 5.11 Å². The van der Waals surface area contributed by atoms with E-state index in [1.54, 1.807) is 6.08 Å². The van der Waals surface area contributed by atoms with E-state index < -0.39 is 5.97 Å². The Hall–Kier alpha value is -1.29. The minimum absolute atomic E-state index is 0.413. The van der Waals surface area contributed by atoms with Gasteiger partial charge in [0.15, 0.2) is 0 Å². The molecule has 1 aromatic carbocycles. The van der Waals surface area contributed by atoms with Crippen molar-refractivity contribution in [3.05, 3.63) is 34.3 Å². The van der Waals surface area contributed by atoms with E-state index in [1.165, 1.54) is 6.08 Å². The number of halogens is 1. The van der Waals surface area contributed by atoms with Gasteiger partial charge in [-0.05, 0) is 37.1 Å². The van der Waals surface area contributed by atoms with Gasteiger partial charge in [-0.1, -0.05) is 35.3 Å². The normalized spacial score (nSPS) is 12.6. The van der Waals surface area contributed by atoms with Crippen molar-refractivity contribution in [3.8, 4) is 0 Å². The van der Waals surface area contributed by atoms with Crippen LogP contribution in [0.1, 0.15) is 32.3 Å². The Morgan fingerprint density at radius 1 is 1.53 bits per heavy atom. The second-order valence-electron chi connectivity index (χ2n) is 4.62. The lowest BCUT2D eigenvalue weighted by molar-refractivity contribution is -0.131. The molecule has 0 amide bonds. The molecule has 1 rings (SSSR count). The molecule has 0 spiro atoms. The van der Waals surface area contributed by atoms with Gasteiger partial charge in [0.2, 0.25) is 0 Å². The predicted molar refractivity (Wildman–Crippen MR) is 83.6 cm³/mol. The van der Waals surface area contributed by atoms with Crippen molar-refractivity contribution in [2.75, 3.05) is 11.9 Å². The molecular formula is C15H20BrNO2. The van der Waals surface area contributed by atoms with Crippen LogP contribution in [-0.2, 0) is 4.79 Å².